The summed E-state index contributed by atoms with van der Waals surface area (Å²) in [5.41, 5.74) is 1.44. The van der Waals surface area contributed by atoms with Gasteiger partial charge in [-0.2, -0.15) is 0 Å². The smallest absolute Gasteiger partial charge is 0.356 e. The number of fused-ring (bicyclic) bond motifs is 2. The second kappa shape index (κ2) is 4.47. The molecule has 6 rings (SSSR count). The highest BCUT2D eigenvalue weighted by molar-refractivity contribution is 5.85. The molecule has 0 radical (unpaired) electrons. The molecule has 0 aromatic carbocycles. The Bertz CT molecular complexity index is 849. The zero-order chi connectivity index (χ0) is 16.5. The van der Waals surface area contributed by atoms with Crippen LogP contribution in [0.1, 0.15) is 55.2 Å². The van der Waals surface area contributed by atoms with Gasteiger partial charge in [-0.3, -0.25) is 4.40 Å². The normalized spacial score (nSPS) is 31.7. The number of carbonyl (C=O) groups is 1. The van der Waals surface area contributed by atoms with Crippen LogP contribution in [0.25, 0.3) is 5.65 Å². The standard InChI is InChI=1S/C17H19N3O4/c1-16-7-17(8-16,9-23-16)12-6-20-5-11(15(21)22)18-14(13(20)19-12)24-10-3-2-4-10/h5-6,10H,2-4,7-9H2,1H3,(H,21,22). The van der Waals surface area contributed by atoms with Gasteiger partial charge in [-0.1, -0.05) is 0 Å². The first kappa shape index (κ1) is 14.2. The van der Waals surface area contributed by atoms with E-state index >= 15 is 0 Å². The van der Waals surface area contributed by atoms with Gasteiger partial charge < -0.3 is 14.6 Å². The lowest BCUT2D eigenvalue weighted by Gasteiger charge is -2.41. The SMILES string of the molecule is CC12CC(c3cn4cc(C(=O)O)nc(OC5CCC5)c4n3)(CO1)C2. The molecule has 7 nitrogen and oxygen atoms in total. The molecule has 2 aliphatic heterocycles. The molecule has 0 spiro atoms. The number of ether oxygens (including phenoxy) is 2. The van der Waals surface area contributed by atoms with E-state index in [4.69, 9.17) is 14.5 Å². The minimum Gasteiger partial charge on any atom is -0.476 e. The van der Waals surface area contributed by atoms with Crippen LogP contribution in [-0.2, 0) is 10.2 Å². The van der Waals surface area contributed by atoms with Crippen molar-refractivity contribution in [2.75, 3.05) is 6.61 Å². The Labute approximate surface area is 138 Å². The quantitative estimate of drug-likeness (QED) is 0.925. The van der Waals surface area contributed by atoms with Gasteiger partial charge in [0.25, 0.3) is 5.88 Å². The Kier molecular flexibility index (Phi) is 2.65. The van der Waals surface area contributed by atoms with Crippen LogP contribution in [0, 0.1) is 0 Å². The van der Waals surface area contributed by atoms with Crippen LogP contribution in [-0.4, -0.2) is 43.8 Å². The summed E-state index contributed by atoms with van der Waals surface area (Å²) >= 11 is 0. The van der Waals surface area contributed by atoms with E-state index in [1.54, 1.807) is 4.40 Å². The number of aromatic carboxylic acids is 1. The van der Waals surface area contributed by atoms with Gasteiger partial charge in [-0.25, -0.2) is 14.8 Å². The molecule has 4 aliphatic rings. The van der Waals surface area contributed by atoms with Gasteiger partial charge in [0.1, 0.15) is 6.10 Å². The van der Waals surface area contributed by atoms with E-state index in [1.807, 2.05) is 6.20 Å². The highest BCUT2D eigenvalue weighted by Gasteiger charge is 2.61. The molecule has 2 aliphatic carbocycles. The Morgan fingerprint density at radius 2 is 2.17 bits per heavy atom. The minimum atomic E-state index is -1.07. The van der Waals surface area contributed by atoms with Crippen molar-refractivity contribution in [2.24, 2.45) is 0 Å². The van der Waals surface area contributed by atoms with Crippen molar-refractivity contribution >= 4 is 11.6 Å². The molecule has 2 aromatic heterocycles. The number of aromatic nitrogens is 3. The molecule has 7 heteroatoms. The molecular formula is C17H19N3O4. The van der Waals surface area contributed by atoms with E-state index in [1.165, 1.54) is 6.20 Å². The molecule has 0 amide bonds. The van der Waals surface area contributed by atoms with Crippen molar-refractivity contribution in [3.05, 3.63) is 23.8 Å². The van der Waals surface area contributed by atoms with Crippen molar-refractivity contribution in [1.29, 1.82) is 0 Å². The molecular weight excluding hydrogens is 310 g/mol. The van der Waals surface area contributed by atoms with E-state index in [0.717, 1.165) is 37.8 Å². The predicted octanol–water partition coefficient (Wildman–Crippen LogP) is 2.18. The van der Waals surface area contributed by atoms with Gasteiger partial charge in [-0.15, -0.1) is 0 Å². The van der Waals surface area contributed by atoms with Crippen molar-refractivity contribution < 1.29 is 19.4 Å². The fraction of sp³-hybridized carbons (Fsp3) is 0.588. The van der Waals surface area contributed by atoms with E-state index in [-0.39, 0.29) is 22.8 Å². The lowest BCUT2D eigenvalue weighted by molar-refractivity contribution is 0.0154. The molecule has 126 valence electrons. The predicted molar refractivity (Wildman–Crippen MR) is 83.5 cm³/mol. The summed E-state index contributed by atoms with van der Waals surface area (Å²) < 4.78 is 13.5. The van der Waals surface area contributed by atoms with Crippen LogP contribution in [0.15, 0.2) is 12.4 Å². The Hall–Kier alpha value is -2.15. The Morgan fingerprint density at radius 1 is 1.38 bits per heavy atom. The number of carboxylic acids is 1. The van der Waals surface area contributed by atoms with Gasteiger partial charge in [0.15, 0.2) is 5.69 Å². The average molecular weight is 329 g/mol. The molecule has 1 N–H and O–H groups in total. The van der Waals surface area contributed by atoms with Crippen molar-refractivity contribution in [2.45, 2.75) is 56.1 Å². The first-order valence-corrected chi connectivity index (χ1v) is 8.41. The van der Waals surface area contributed by atoms with Crippen LogP contribution in [0.5, 0.6) is 5.88 Å². The van der Waals surface area contributed by atoms with Crippen LogP contribution in [0.2, 0.25) is 0 Å². The Morgan fingerprint density at radius 3 is 2.75 bits per heavy atom. The second-order valence-electron chi connectivity index (χ2n) is 7.64. The summed E-state index contributed by atoms with van der Waals surface area (Å²) in [6.45, 7) is 2.80. The summed E-state index contributed by atoms with van der Waals surface area (Å²) in [5, 5.41) is 9.31. The monoisotopic (exact) mass is 329 g/mol. The van der Waals surface area contributed by atoms with Gasteiger partial charge in [0, 0.05) is 17.8 Å². The fourth-order valence-corrected chi connectivity index (χ4v) is 4.21. The zero-order valence-electron chi connectivity index (χ0n) is 13.5. The van der Waals surface area contributed by atoms with Crippen molar-refractivity contribution in [3.8, 4) is 5.88 Å². The number of imidazole rings is 1. The van der Waals surface area contributed by atoms with Crippen LogP contribution in [0.4, 0.5) is 0 Å². The molecule has 2 saturated carbocycles. The first-order chi connectivity index (χ1) is 11.5. The van der Waals surface area contributed by atoms with E-state index in [2.05, 4.69) is 11.9 Å². The lowest BCUT2D eigenvalue weighted by Crippen LogP contribution is -2.45. The number of rotatable bonds is 4. The van der Waals surface area contributed by atoms with Crippen LogP contribution < -0.4 is 4.74 Å². The molecule has 4 fully saturated rings. The number of nitrogens with zero attached hydrogens (tertiary/aromatic N) is 3. The van der Waals surface area contributed by atoms with Crippen molar-refractivity contribution in [3.63, 3.8) is 0 Å². The van der Waals surface area contributed by atoms with Gasteiger partial charge in [0.2, 0.25) is 5.65 Å². The lowest BCUT2D eigenvalue weighted by atomic mass is 9.62. The minimum absolute atomic E-state index is 0.0223. The zero-order valence-corrected chi connectivity index (χ0v) is 13.5. The topological polar surface area (TPSA) is 86.0 Å². The van der Waals surface area contributed by atoms with Crippen LogP contribution in [0.3, 0.4) is 0 Å². The third-order valence-electron chi connectivity index (χ3n) is 5.62. The van der Waals surface area contributed by atoms with Gasteiger partial charge in [-0.05, 0) is 39.0 Å². The number of hydrogen-bond donors (Lipinski definition) is 1. The highest BCUT2D eigenvalue weighted by atomic mass is 16.5. The molecule has 24 heavy (non-hydrogen) atoms. The fourth-order valence-electron chi connectivity index (χ4n) is 4.21. The second-order valence-corrected chi connectivity index (χ2v) is 7.64. The maximum atomic E-state index is 11.4. The van der Waals surface area contributed by atoms with E-state index in [9.17, 15) is 9.90 Å². The first-order valence-electron chi connectivity index (χ1n) is 8.41. The molecule has 0 atom stereocenters. The highest BCUT2D eigenvalue weighted by Crippen LogP contribution is 2.58. The summed E-state index contributed by atoms with van der Waals surface area (Å²) in [6, 6.07) is 0. The molecule has 2 bridgehead atoms. The average Bonchev–Trinajstić information content (AvgIpc) is 3.12. The van der Waals surface area contributed by atoms with E-state index in [0.29, 0.717) is 18.1 Å². The van der Waals surface area contributed by atoms with Crippen molar-refractivity contribution in [1.82, 2.24) is 14.4 Å². The third kappa shape index (κ3) is 1.90. The Balaban J connectivity index is 1.59. The summed E-state index contributed by atoms with van der Waals surface area (Å²) in [4.78, 5) is 20.3. The summed E-state index contributed by atoms with van der Waals surface area (Å²) in [6.07, 6.45) is 8.55. The third-order valence-corrected chi connectivity index (χ3v) is 5.62. The molecule has 2 saturated heterocycles. The van der Waals surface area contributed by atoms with Crippen LogP contribution >= 0.6 is 0 Å². The summed E-state index contributed by atoms with van der Waals surface area (Å²) in [7, 11) is 0. The maximum absolute atomic E-state index is 11.4. The maximum Gasteiger partial charge on any atom is 0.356 e. The molecule has 0 unspecified atom stereocenters. The van der Waals surface area contributed by atoms with E-state index < -0.39 is 5.97 Å². The largest absolute Gasteiger partial charge is 0.476 e. The number of hydrogen-bond acceptors (Lipinski definition) is 5. The number of carboxylic acid groups (broad SMARTS) is 1. The molecule has 2 aromatic rings. The molecule has 4 heterocycles. The van der Waals surface area contributed by atoms with Gasteiger partial charge >= 0.3 is 5.97 Å². The summed E-state index contributed by atoms with van der Waals surface area (Å²) in [5.74, 6) is -0.743. The van der Waals surface area contributed by atoms with Gasteiger partial charge in [0.05, 0.1) is 17.9 Å².